The molecule has 1 fully saturated rings. The number of benzene rings is 1. The predicted molar refractivity (Wildman–Crippen MR) is 81.0 cm³/mol. The third-order valence-corrected chi connectivity index (χ3v) is 4.31. The number of methoxy groups -OCH3 is 1. The van der Waals surface area contributed by atoms with Crippen LogP contribution in [0.1, 0.15) is 23.2 Å². The molecule has 1 saturated heterocycles. The molecule has 0 saturated carbocycles. The van der Waals surface area contributed by atoms with E-state index in [1.807, 2.05) is 11.9 Å². The van der Waals surface area contributed by atoms with Gasteiger partial charge in [0.25, 0.3) is 5.91 Å². The molecule has 0 spiro atoms. The van der Waals surface area contributed by atoms with E-state index in [4.69, 9.17) is 27.9 Å². The Morgan fingerprint density at radius 3 is 2.75 bits per heavy atom. The molecule has 1 aliphatic rings. The summed E-state index contributed by atoms with van der Waals surface area (Å²) in [6.07, 6.45) is 2.07. The zero-order valence-corrected chi connectivity index (χ0v) is 13.1. The summed E-state index contributed by atoms with van der Waals surface area (Å²) < 4.78 is 5.24. The second kappa shape index (κ2) is 6.66. The molecule has 1 heterocycles. The van der Waals surface area contributed by atoms with E-state index in [1.54, 1.807) is 12.1 Å². The van der Waals surface area contributed by atoms with Crippen LogP contribution in [-0.2, 0) is 0 Å². The molecule has 1 N–H and O–H groups in total. The molecule has 0 aromatic heterocycles. The molecule has 0 bridgehead atoms. The highest BCUT2D eigenvalue weighted by Gasteiger charge is 2.26. The summed E-state index contributed by atoms with van der Waals surface area (Å²) in [4.78, 5) is 14.4. The fourth-order valence-corrected chi connectivity index (χ4v) is 2.75. The van der Waals surface area contributed by atoms with Gasteiger partial charge in [-0.05, 0) is 26.0 Å². The van der Waals surface area contributed by atoms with Crippen LogP contribution in [0, 0.1) is 0 Å². The topological polar surface area (TPSA) is 41.6 Å². The van der Waals surface area contributed by atoms with Gasteiger partial charge < -0.3 is 15.0 Å². The van der Waals surface area contributed by atoms with E-state index in [0.29, 0.717) is 33.9 Å². The fourth-order valence-electron chi connectivity index (χ4n) is 2.43. The highest BCUT2D eigenvalue weighted by molar-refractivity contribution is 6.42. The molecule has 0 radical (unpaired) electrons. The van der Waals surface area contributed by atoms with Gasteiger partial charge in [0.2, 0.25) is 0 Å². The maximum Gasteiger partial charge on any atom is 0.257 e. The van der Waals surface area contributed by atoms with Gasteiger partial charge in [-0.25, -0.2) is 0 Å². The summed E-state index contributed by atoms with van der Waals surface area (Å²) in [6, 6.07) is 3.49. The predicted octanol–water partition coefficient (Wildman–Crippen LogP) is 2.83. The molecular weight excluding hydrogens is 299 g/mol. The van der Waals surface area contributed by atoms with Crippen molar-refractivity contribution >= 4 is 29.1 Å². The molecule has 0 aliphatic carbocycles. The SMILES string of the molecule is CN[C@@H]1CCCN(C(=O)c2cc(Cl)c(Cl)cc2OC)C1. The van der Waals surface area contributed by atoms with Gasteiger partial charge in [-0.1, -0.05) is 23.2 Å². The highest BCUT2D eigenvalue weighted by atomic mass is 35.5. The van der Waals surface area contributed by atoms with Crippen LogP contribution in [-0.4, -0.2) is 44.1 Å². The van der Waals surface area contributed by atoms with Crippen molar-refractivity contribution < 1.29 is 9.53 Å². The minimum Gasteiger partial charge on any atom is -0.496 e. The van der Waals surface area contributed by atoms with Crippen molar-refractivity contribution in [3.63, 3.8) is 0 Å². The number of likely N-dealkylation sites (N-methyl/N-ethyl adjacent to an activating group) is 1. The average molecular weight is 317 g/mol. The van der Waals surface area contributed by atoms with Crippen molar-refractivity contribution in [2.24, 2.45) is 0 Å². The van der Waals surface area contributed by atoms with Crippen molar-refractivity contribution in [3.8, 4) is 5.75 Å². The van der Waals surface area contributed by atoms with Gasteiger partial charge >= 0.3 is 0 Å². The molecule has 6 heteroatoms. The lowest BCUT2D eigenvalue weighted by molar-refractivity contribution is 0.0695. The van der Waals surface area contributed by atoms with E-state index in [-0.39, 0.29) is 5.91 Å². The fraction of sp³-hybridized carbons (Fsp3) is 0.500. The van der Waals surface area contributed by atoms with Crippen molar-refractivity contribution in [1.29, 1.82) is 0 Å². The Bertz CT molecular complexity index is 508. The number of amides is 1. The number of ether oxygens (including phenoxy) is 1. The molecule has 1 aromatic carbocycles. The van der Waals surface area contributed by atoms with Crippen molar-refractivity contribution in [3.05, 3.63) is 27.7 Å². The average Bonchev–Trinajstić information content (AvgIpc) is 2.48. The summed E-state index contributed by atoms with van der Waals surface area (Å²) in [7, 11) is 3.43. The van der Waals surface area contributed by atoms with Crippen LogP contribution < -0.4 is 10.1 Å². The third kappa shape index (κ3) is 3.19. The van der Waals surface area contributed by atoms with Crippen LogP contribution in [0.15, 0.2) is 12.1 Å². The second-order valence-electron chi connectivity index (χ2n) is 4.85. The Morgan fingerprint density at radius 1 is 1.40 bits per heavy atom. The van der Waals surface area contributed by atoms with Gasteiger partial charge in [0.15, 0.2) is 0 Å². The summed E-state index contributed by atoms with van der Waals surface area (Å²) in [5.74, 6) is 0.386. The number of likely N-dealkylation sites (tertiary alicyclic amines) is 1. The Hall–Kier alpha value is -0.970. The number of nitrogens with zero attached hydrogens (tertiary/aromatic N) is 1. The Balaban J connectivity index is 2.26. The van der Waals surface area contributed by atoms with Crippen LogP contribution >= 0.6 is 23.2 Å². The summed E-state index contributed by atoms with van der Waals surface area (Å²) in [6.45, 7) is 1.44. The lowest BCUT2D eigenvalue weighted by Crippen LogP contribution is -2.47. The Kier molecular flexibility index (Phi) is 5.13. The van der Waals surface area contributed by atoms with Crippen LogP contribution in [0.3, 0.4) is 0 Å². The van der Waals surface area contributed by atoms with Crippen LogP contribution in [0.5, 0.6) is 5.75 Å². The van der Waals surface area contributed by atoms with Gasteiger partial charge in [0, 0.05) is 25.2 Å². The maximum atomic E-state index is 12.6. The first-order valence-electron chi connectivity index (χ1n) is 6.56. The molecular formula is C14H18Cl2N2O2. The number of piperidine rings is 1. The third-order valence-electron chi connectivity index (χ3n) is 3.59. The van der Waals surface area contributed by atoms with Crippen molar-refractivity contribution in [2.45, 2.75) is 18.9 Å². The molecule has 110 valence electrons. The zero-order chi connectivity index (χ0) is 14.7. The number of nitrogens with one attached hydrogen (secondary N) is 1. The first-order chi connectivity index (χ1) is 9.56. The second-order valence-corrected chi connectivity index (χ2v) is 5.66. The van der Waals surface area contributed by atoms with E-state index in [9.17, 15) is 4.79 Å². The first kappa shape index (κ1) is 15.4. The number of rotatable bonds is 3. The smallest absolute Gasteiger partial charge is 0.257 e. The minimum atomic E-state index is -0.0691. The summed E-state index contributed by atoms with van der Waals surface area (Å²) in [5.41, 5.74) is 0.457. The van der Waals surface area contributed by atoms with E-state index >= 15 is 0 Å². The summed E-state index contributed by atoms with van der Waals surface area (Å²) >= 11 is 12.0. The molecule has 2 rings (SSSR count). The van der Waals surface area contributed by atoms with E-state index in [0.717, 1.165) is 19.4 Å². The molecule has 1 atom stereocenters. The molecule has 1 aromatic rings. The van der Waals surface area contributed by atoms with Gasteiger partial charge in [0.1, 0.15) is 5.75 Å². The standard InChI is InChI=1S/C14H18Cl2N2O2/c1-17-9-4-3-5-18(8-9)14(19)10-6-11(15)12(16)7-13(10)20-2/h6-7,9,17H,3-5,8H2,1-2H3/t9-/m1/s1. The van der Waals surface area contributed by atoms with Gasteiger partial charge in [-0.15, -0.1) is 0 Å². The van der Waals surface area contributed by atoms with E-state index < -0.39 is 0 Å². The normalized spacial score (nSPS) is 19.0. The summed E-state index contributed by atoms with van der Waals surface area (Å²) in [5, 5.41) is 3.96. The minimum absolute atomic E-state index is 0.0691. The molecule has 0 unspecified atom stereocenters. The van der Waals surface area contributed by atoms with Crippen molar-refractivity contribution in [1.82, 2.24) is 10.2 Å². The van der Waals surface area contributed by atoms with Gasteiger partial charge in [-0.3, -0.25) is 4.79 Å². The monoisotopic (exact) mass is 316 g/mol. The van der Waals surface area contributed by atoms with Gasteiger partial charge in [0.05, 0.1) is 22.7 Å². The lowest BCUT2D eigenvalue weighted by atomic mass is 10.0. The number of halogens is 2. The maximum absolute atomic E-state index is 12.6. The quantitative estimate of drug-likeness (QED) is 0.932. The first-order valence-corrected chi connectivity index (χ1v) is 7.32. The van der Waals surface area contributed by atoms with Crippen LogP contribution in [0.4, 0.5) is 0 Å². The Morgan fingerprint density at radius 2 is 2.10 bits per heavy atom. The van der Waals surface area contributed by atoms with Gasteiger partial charge in [-0.2, -0.15) is 0 Å². The van der Waals surface area contributed by atoms with Crippen LogP contribution in [0.25, 0.3) is 0 Å². The van der Waals surface area contributed by atoms with Crippen molar-refractivity contribution in [2.75, 3.05) is 27.2 Å². The highest BCUT2D eigenvalue weighted by Crippen LogP contribution is 2.31. The molecule has 4 nitrogen and oxygen atoms in total. The molecule has 20 heavy (non-hydrogen) atoms. The zero-order valence-electron chi connectivity index (χ0n) is 11.6. The Labute approximate surface area is 129 Å². The number of carbonyl (C=O) groups excluding carboxylic acids is 1. The number of carbonyl (C=O) groups is 1. The molecule has 1 aliphatic heterocycles. The lowest BCUT2D eigenvalue weighted by Gasteiger charge is -2.33. The van der Waals surface area contributed by atoms with E-state index in [1.165, 1.54) is 7.11 Å². The number of hydrogen-bond donors (Lipinski definition) is 1. The van der Waals surface area contributed by atoms with E-state index in [2.05, 4.69) is 5.32 Å². The molecule has 1 amide bonds. The van der Waals surface area contributed by atoms with Crippen LogP contribution in [0.2, 0.25) is 10.0 Å². The largest absolute Gasteiger partial charge is 0.496 e. The number of hydrogen-bond acceptors (Lipinski definition) is 3.